The van der Waals surface area contributed by atoms with Crippen molar-refractivity contribution in [3.05, 3.63) is 24.3 Å². The molecule has 0 aliphatic rings. The highest BCUT2D eigenvalue weighted by atomic mass is 16.5. The molecule has 0 saturated heterocycles. The highest BCUT2D eigenvalue weighted by Gasteiger charge is 2.12. The Balaban J connectivity index is 2.61. The Bertz CT molecular complexity index is 449. The Kier molecular flexibility index (Phi) is 5.81. The molecule has 0 aliphatic carbocycles. The number of amides is 2. The van der Waals surface area contributed by atoms with Gasteiger partial charge in [0.1, 0.15) is 5.75 Å². The van der Waals surface area contributed by atoms with Crippen molar-refractivity contribution in [3.63, 3.8) is 0 Å². The molecule has 104 valence electrons. The summed E-state index contributed by atoms with van der Waals surface area (Å²) in [6, 6.07) is 6.18. The van der Waals surface area contributed by atoms with Gasteiger partial charge in [-0.05, 0) is 18.6 Å². The molecule has 0 bridgehead atoms. The molecule has 1 aromatic rings. The van der Waals surface area contributed by atoms with Gasteiger partial charge >= 0.3 is 0 Å². The Labute approximate surface area is 112 Å². The molecular formula is C13H19N3O3. The van der Waals surface area contributed by atoms with Crippen molar-refractivity contribution in [2.75, 3.05) is 11.9 Å². The molecule has 6 heteroatoms. The summed E-state index contributed by atoms with van der Waals surface area (Å²) in [7, 11) is 0. The second-order valence-corrected chi connectivity index (χ2v) is 4.17. The van der Waals surface area contributed by atoms with Crippen molar-refractivity contribution >= 4 is 17.5 Å². The Morgan fingerprint density at radius 2 is 2.16 bits per heavy atom. The standard InChI is InChI=1S/C13H19N3O3/c1-2-4-11(14)13(18)16-9-5-3-6-10(7-9)19-8-12(15)17/h3,5-7,11H,2,4,8,14H2,1H3,(H2,15,17)(H,16,18). The van der Waals surface area contributed by atoms with Gasteiger partial charge in [-0.3, -0.25) is 9.59 Å². The van der Waals surface area contributed by atoms with Gasteiger partial charge < -0.3 is 21.5 Å². The molecule has 1 unspecified atom stereocenters. The molecule has 0 saturated carbocycles. The fourth-order valence-electron chi connectivity index (χ4n) is 1.50. The third kappa shape index (κ3) is 5.39. The highest BCUT2D eigenvalue weighted by Crippen LogP contribution is 2.17. The molecule has 19 heavy (non-hydrogen) atoms. The van der Waals surface area contributed by atoms with E-state index in [2.05, 4.69) is 5.32 Å². The number of carbonyl (C=O) groups excluding carboxylic acids is 2. The molecule has 0 spiro atoms. The Morgan fingerprint density at radius 1 is 1.42 bits per heavy atom. The van der Waals surface area contributed by atoms with Crippen LogP contribution in [0, 0.1) is 0 Å². The largest absolute Gasteiger partial charge is 0.484 e. The van der Waals surface area contributed by atoms with Crippen LogP contribution in [0.15, 0.2) is 24.3 Å². The third-order valence-corrected chi connectivity index (χ3v) is 2.42. The SMILES string of the molecule is CCCC(N)C(=O)Nc1cccc(OCC(N)=O)c1. The minimum Gasteiger partial charge on any atom is -0.484 e. The van der Waals surface area contributed by atoms with E-state index in [0.29, 0.717) is 17.9 Å². The molecule has 0 heterocycles. The van der Waals surface area contributed by atoms with Gasteiger partial charge in [0, 0.05) is 11.8 Å². The number of benzene rings is 1. The maximum absolute atomic E-state index is 11.7. The van der Waals surface area contributed by atoms with Crippen LogP contribution in [0.2, 0.25) is 0 Å². The van der Waals surface area contributed by atoms with Crippen molar-refractivity contribution in [1.82, 2.24) is 0 Å². The molecule has 0 radical (unpaired) electrons. The second-order valence-electron chi connectivity index (χ2n) is 4.17. The highest BCUT2D eigenvalue weighted by molar-refractivity contribution is 5.94. The van der Waals surface area contributed by atoms with E-state index in [1.54, 1.807) is 24.3 Å². The van der Waals surface area contributed by atoms with E-state index in [1.807, 2.05) is 6.92 Å². The molecule has 0 aliphatic heterocycles. The molecule has 0 fully saturated rings. The van der Waals surface area contributed by atoms with Gasteiger partial charge in [-0.25, -0.2) is 0 Å². The maximum atomic E-state index is 11.7. The number of hydrogen-bond donors (Lipinski definition) is 3. The summed E-state index contributed by atoms with van der Waals surface area (Å²) < 4.78 is 5.14. The molecule has 1 rings (SSSR count). The van der Waals surface area contributed by atoms with E-state index in [-0.39, 0.29) is 12.5 Å². The van der Waals surface area contributed by atoms with E-state index in [1.165, 1.54) is 0 Å². The van der Waals surface area contributed by atoms with E-state index in [0.717, 1.165) is 6.42 Å². The van der Waals surface area contributed by atoms with Crippen molar-refractivity contribution in [2.45, 2.75) is 25.8 Å². The van der Waals surface area contributed by atoms with Crippen LogP contribution in [0.4, 0.5) is 5.69 Å². The van der Waals surface area contributed by atoms with Crippen LogP contribution < -0.4 is 21.5 Å². The quantitative estimate of drug-likeness (QED) is 0.671. The summed E-state index contributed by atoms with van der Waals surface area (Å²) in [5.41, 5.74) is 11.3. The topological polar surface area (TPSA) is 107 Å². The second kappa shape index (κ2) is 7.38. The van der Waals surface area contributed by atoms with Gasteiger partial charge in [-0.1, -0.05) is 19.4 Å². The Morgan fingerprint density at radius 3 is 2.79 bits per heavy atom. The molecule has 1 atom stereocenters. The molecule has 0 aromatic heterocycles. The van der Waals surface area contributed by atoms with Gasteiger partial charge in [0.15, 0.2) is 6.61 Å². The van der Waals surface area contributed by atoms with Crippen molar-refractivity contribution < 1.29 is 14.3 Å². The van der Waals surface area contributed by atoms with Gasteiger partial charge in [-0.2, -0.15) is 0 Å². The number of hydrogen-bond acceptors (Lipinski definition) is 4. The minimum atomic E-state index is -0.556. The predicted octanol–water partition coefficient (Wildman–Crippen LogP) is 0.617. The van der Waals surface area contributed by atoms with E-state index in [9.17, 15) is 9.59 Å². The summed E-state index contributed by atoms with van der Waals surface area (Å²) in [6.45, 7) is 1.76. The van der Waals surface area contributed by atoms with Crippen LogP contribution in [-0.2, 0) is 9.59 Å². The summed E-state index contributed by atoms with van der Waals surface area (Å²) in [5.74, 6) is -0.339. The zero-order chi connectivity index (χ0) is 14.3. The third-order valence-electron chi connectivity index (χ3n) is 2.42. The normalized spacial score (nSPS) is 11.7. The molecule has 6 nitrogen and oxygen atoms in total. The lowest BCUT2D eigenvalue weighted by molar-refractivity contribution is -0.120. The van der Waals surface area contributed by atoms with Crippen LogP contribution in [0.25, 0.3) is 0 Å². The number of primary amides is 1. The van der Waals surface area contributed by atoms with E-state index >= 15 is 0 Å². The van der Waals surface area contributed by atoms with Gasteiger partial charge in [0.05, 0.1) is 6.04 Å². The first-order valence-electron chi connectivity index (χ1n) is 6.10. The number of anilines is 1. The molecule has 1 aromatic carbocycles. The lowest BCUT2D eigenvalue weighted by Gasteiger charge is -2.12. The lowest BCUT2D eigenvalue weighted by Crippen LogP contribution is -2.35. The monoisotopic (exact) mass is 265 g/mol. The first-order valence-corrected chi connectivity index (χ1v) is 6.10. The van der Waals surface area contributed by atoms with Gasteiger partial charge in [0.2, 0.25) is 5.91 Å². The van der Waals surface area contributed by atoms with Crippen LogP contribution in [0.3, 0.4) is 0 Å². The predicted molar refractivity (Wildman–Crippen MR) is 72.6 cm³/mol. The number of ether oxygens (including phenoxy) is 1. The number of rotatable bonds is 7. The van der Waals surface area contributed by atoms with Crippen LogP contribution in [0.5, 0.6) is 5.75 Å². The van der Waals surface area contributed by atoms with Crippen LogP contribution in [-0.4, -0.2) is 24.5 Å². The zero-order valence-electron chi connectivity index (χ0n) is 10.9. The Hall–Kier alpha value is -2.08. The summed E-state index contributed by atoms with van der Waals surface area (Å²) in [6.07, 6.45) is 1.47. The maximum Gasteiger partial charge on any atom is 0.255 e. The average Bonchev–Trinajstić information content (AvgIpc) is 2.37. The van der Waals surface area contributed by atoms with Crippen molar-refractivity contribution in [3.8, 4) is 5.75 Å². The molecule has 2 amide bonds. The fourth-order valence-corrected chi connectivity index (χ4v) is 1.50. The van der Waals surface area contributed by atoms with Crippen LogP contribution in [0.1, 0.15) is 19.8 Å². The lowest BCUT2D eigenvalue weighted by atomic mass is 10.1. The fraction of sp³-hybridized carbons (Fsp3) is 0.385. The molecular weight excluding hydrogens is 246 g/mol. The first kappa shape index (κ1) is 15.0. The smallest absolute Gasteiger partial charge is 0.255 e. The van der Waals surface area contributed by atoms with E-state index in [4.69, 9.17) is 16.2 Å². The summed E-state index contributed by atoms with van der Waals surface area (Å²) in [4.78, 5) is 22.3. The first-order chi connectivity index (χ1) is 9.02. The minimum absolute atomic E-state index is 0.202. The van der Waals surface area contributed by atoms with Crippen LogP contribution >= 0.6 is 0 Å². The number of nitrogens with one attached hydrogen (secondary N) is 1. The van der Waals surface area contributed by atoms with Gasteiger partial charge in [-0.15, -0.1) is 0 Å². The number of carbonyl (C=O) groups is 2. The van der Waals surface area contributed by atoms with Gasteiger partial charge in [0.25, 0.3) is 5.91 Å². The van der Waals surface area contributed by atoms with Crippen molar-refractivity contribution in [2.24, 2.45) is 11.5 Å². The van der Waals surface area contributed by atoms with Crippen molar-refractivity contribution in [1.29, 1.82) is 0 Å². The zero-order valence-corrected chi connectivity index (χ0v) is 10.9. The number of nitrogens with two attached hydrogens (primary N) is 2. The molecule has 5 N–H and O–H groups in total. The average molecular weight is 265 g/mol. The summed E-state index contributed by atoms with van der Waals surface area (Å²) >= 11 is 0. The van der Waals surface area contributed by atoms with E-state index < -0.39 is 11.9 Å². The summed E-state index contributed by atoms with van der Waals surface area (Å²) in [5, 5.41) is 2.69.